The third-order valence-corrected chi connectivity index (χ3v) is 6.80. The van der Waals surface area contributed by atoms with Gasteiger partial charge in [0.2, 0.25) is 5.91 Å². The number of allylic oxidation sites excluding steroid dienone is 1. The van der Waals surface area contributed by atoms with E-state index >= 15 is 0 Å². The first-order chi connectivity index (χ1) is 15.6. The van der Waals surface area contributed by atoms with E-state index in [1.54, 1.807) is 13.2 Å². The van der Waals surface area contributed by atoms with E-state index in [-0.39, 0.29) is 5.91 Å². The Morgan fingerprint density at radius 2 is 1.97 bits per heavy atom. The molecule has 2 fully saturated rings. The van der Waals surface area contributed by atoms with Crippen LogP contribution in [-0.2, 0) is 14.9 Å². The van der Waals surface area contributed by atoms with E-state index in [0.717, 1.165) is 73.8 Å². The number of ether oxygens (including phenoxy) is 2. The molecule has 7 nitrogen and oxygen atoms in total. The summed E-state index contributed by atoms with van der Waals surface area (Å²) in [6.45, 7) is 3.31. The molecule has 1 aliphatic carbocycles. The highest BCUT2D eigenvalue weighted by atomic mass is 16.5. The van der Waals surface area contributed by atoms with Crippen molar-refractivity contribution in [2.24, 2.45) is 0 Å². The second-order valence-corrected chi connectivity index (χ2v) is 8.51. The molecule has 1 saturated carbocycles. The van der Waals surface area contributed by atoms with Gasteiger partial charge in [0.1, 0.15) is 5.75 Å². The monoisotopic (exact) mass is 432 g/mol. The minimum absolute atomic E-state index is 0.0680. The zero-order chi connectivity index (χ0) is 22.1. The summed E-state index contributed by atoms with van der Waals surface area (Å²) < 4.78 is 11.1. The molecule has 5 rings (SSSR count). The van der Waals surface area contributed by atoms with Crippen LogP contribution >= 0.6 is 0 Å². The summed E-state index contributed by atoms with van der Waals surface area (Å²) in [6.07, 6.45) is 5.77. The number of anilines is 3. The van der Waals surface area contributed by atoms with Crippen molar-refractivity contribution in [1.82, 2.24) is 0 Å². The van der Waals surface area contributed by atoms with Gasteiger partial charge in [0.15, 0.2) is 0 Å². The van der Waals surface area contributed by atoms with Crippen molar-refractivity contribution in [3.05, 3.63) is 53.6 Å². The lowest BCUT2D eigenvalue weighted by Crippen LogP contribution is -2.40. The highest BCUT2D eigenvalue weighted by Gasteiger charge is 2.52. The minimum atomic E-state index is -0.436. The third-order valence-electron chi connectivity index (χ3n) is 6.80. The topological polar surface area (TPSA) is 86.7 Å². The summed E-state index contributed by atoms with van der Waals surface area (Å²) in [7, 11) is 1.62. The number of amides is 1. The maximum absolute atomic E-state index is 12.7. The Morgan fingerprint density at radius 1 is 1.22 bits per heavy atom. The Morgan fingerprint density at radius 3 is 2.59 bits per heavy atom. The smallest absolute Gasteiger partial charge is 0.235 e. The van der Waals surface area contributed by atoms with Crippen molar-refractivity contribution < 1.29 is 14.3 Å². The molecule has 1 spiro atoms. The number of hydrogen-bond acceptors (Lipinski definition) is 6. The van der Waals surface area contributed by atoms with E-state index in [1.807, 2.05) is 18.2 Å². The zero-order valence-corrected chi connectivity index (χ0v) is 18.2. The molecule has 3 aliphatic rings. The van der Waals surface area contributed by atoms with Crippen molar-refractivity contribution in [2.45, 2.75) is 24.7 Å². The summed E-state index contributed by atoms with van der Waals surface area (Å²) in [5, 5.41) is 14.1. The molecule has 0 aromatic heterocycles. The van der Waals surface area contributed by atoms with Crippen molar-refractivity contribution in [2.75, 3.05) is 48.9 Å². The lowest BCUT2D eigenvalue weighted by molar-refractivity contribution is -0.123. The number of fused-ring (bicyclic) bond motifs is 2. The largest absolute Gasteiger partial charge is 0.495 e. The first kappa shape index (κ1) is 20.6. The number of carbonyl (C=O) groups excluding carboxylic acids is 1. The number of methoxy groups -OCH3 is 1. The predicted octanol–water partition coefficient (Wildman–Crippen LogP) is 4.01. The molecule has 1 saturated heterocycles. The number of morpholine rings is 1. The highest BCUT2D eigenvalue weighted by molar-refractivity contribution is 6.09. The van der Waals surface area contributed by atoms with Crippen LogP contribution in [0, 0.1) is 5.41 Å². The number of nitrogens with zero attached hydrogens (tertiary/aromatic N) is 1. The molecule has 0 atom stereocenters. The van der Waals surface area contributed by atoms with Crippen molar-refractivity contribution in [3.8, 4) is 5.75 Å². The van der Waals surface area contributed by atoms with Gasteiger partial charge >= 0.3 is 0 Å². The molecule has 0 radical (unpaired) electrons. The van der Waals surface area contributed by atoms with E-state index < -0.39 is 5.41 Å². The molecule has 0 unspecified atom stereocenters. The van der Waals surface area contributed by atoms with Gasteiger partial charge in [0.05, 0.1) is 31.4 Å². The number of nitrogens with one attached hydrogen (secondary N) is 3. The molecule has 2 heterocycles. The average molecular weight is 433 g/mol. The Kier molecular flexibility index (Phi) is 5.35. The molecular formula is C25H28N4O3. The van der Waals surface area contributed by atoms with Gasteiger partial charge < -0.3 is 30.4 Å². The van der Waals surface area contributed by atoms with E-state index in [4.69, 9.17) is 14.9 Å². The summed E-state index contributed by atoms with van der Waals surface area (Å²) in [5.41, 5.74) is 5.13. The lowest BCUT2D eigenvalue weighted by atomic mass is 9.65. The van der Waals surface area contributed by atoms with Crippen LogP contribution in [0.15, 0.2) is 42.5 Å². The van der Waals surface area contributed by atoms with Crippen LogP contribution in [0.25, 0.3) is 5.70 Å². The van der Waals surface area contributed by atoms with Crippen molar-refractivity contribution >= 4 is 34.9 Å². The second kappa shape index (κ2) is 8.31. The first-order valence-electron chi connectivity index (χ1n) is 11.1. The number of hydrogen-bond donors (Lipinski definition) is 3. The normalized spacial score (nSPS) is 19.2. The number of benzene rings is 2. The fourth-order valence-electron chi connectivity index (χ4n) is 4.85. The Bertz CT molecular complexity index is 1070. The van der Waals surface area contributed by atoms with Crippen LogP contribution in [0.5, 0.6) is 5.75 Å². The standard InChI is InChI=1S/C25H28N4O3/c1-31-22-16-17(15-20-23(22)28-24(30)25(20)8-2-9-25)21(7-10-26)27-18-3-5-19(6-4-18)29-11-13-32-14-12-29/h3-7,10,15-16,26-27H,2,8-9,11-14H2,1H3,(H,28,30)/b21-7-,26-10?. The third kappa shape index (κ3) is 3.42. The second-order valence-electron chi connectivity index (χ2n) is 8.51. The van der Waals surface area contributed by atoms with E-state index in [1.165, 1.54) is 11.9 Å². The molecule has 1 amide bonds. The fourth-order valence-corrected chi connectivity index (χ4v) is 4.85. The van der Waals surface area contributed by atoms with Crippen LogP contribution in [0.1, 0.15) is 30.4 Å². The van der Waals surface area contributed by atoms with Crippen LogP contribution in [-0.4, -0.2) is 45.5 Å². The molecule has 2 aromatic rings. The van der Waals surface area contributed by atoms with E-state index in [2.05, 4.69) is 33.7 Å². The summed E-state index contributed by atoms with van der Waals surface area (Å²) in [4.78, 5) is 15.0. The van der Waals surface area contributed by atoms with Crippen LogP contribution < -0.4 is 20.3 Å². The van der Waals surface area contributed by atoms with Gasteiger partial charge in [-0.3, -0.25) is 4.79 Å². The van der Waals surface area contributed by atoms with E-state index in [9.17, 15) is 4.79 Å². The predicted molar refractivity (Wildman–Crippen MR) is 127 cm³/mol. The fraction of sp³-hybridized carbons (Fsp3) is 0.360. The molecule has 3 N–H and O–H groups in total. The summed E-state index contributed by atoms with van der Waals surface area (Å²) >= 11 is 0. The molecule has 166 valence electrons. The van der Waals surface area contributed by atoms with Gasteiger partial charge in [-0.2, -0.15) is 0 Å². The summed E-state index contributed by atoms with van der Waals surface area (Å²) in [6, 6.07) is 12.3. The number of rotatable bonds is 6. The highest BCUT2D eigenvalue weighted by Crippen LogP contribution is 2.54. The van der Waals surface area contributed by atoms with Gasteiger partial charge in [0.25, 0.3) is 0 Å². The maximum Gasteiger partial charge on any atom is 0.235 e. The summed E-state index contributed by atoms with van der Waals surface area (Å²) in [5.74, 6) is 0.716. The van der Waals surface area contributed by atoms with Crippen LogP contribution in [0.4, 0.5) is 17.1 Å². The van der Waals surface area contributed by atoms with Gasteiger partial charge in [-0.1, -0.05) is 6.42 Å². The van der Waals surface area contributed by atoms with Gasteiger partial charge in [0, 0.05) is 41.9 Å². The number of carbonyl (C=O) groups is 1. The Hall–Kier alpha value is -3.32. The SMILES string of the molecule is COc1cc(/C(=C/C=N)Nc2ccc(N3CCOCC3)cc2)cc2c1NC(=O)C21CCC1. The molecule has 2 aromatic carbocycles. The Labute approximate surface area is 187 Å². The Balaban J connectivity index is 1.44. The first-order valence-corrected chi connectivity index (χ1v) is 11.1. The van der Waals surface area contributed by atoms with Crippen molar-refractivity contribution in [1.29, 1.82) is 5.41 Å². The van der Waals surface area contributed by atoms with Gasteiger partial charge in [-0.15, -0.1) is 0 Å². The lowest BCUT2D eigenvalue weighted by Gasteiger charge is -2.36. The van der Waals surface area contributed by atoms with Gasteiger partial charge in [-0.05, 0) is 60.9 Å². The van der Waals surface area contributed by atoms with Gasteiger partial charge in [-0.25, -0.2) is 0 Å². The zero-order valence-electron chi connectivity index (χ0n) is 18.2. The van der Waals surface area contributed by atoms with E-state index in [0.29, 0.717) is 5.75 Å². The average Bonchev–Trinajstić information content (AvgIpc) is 3.11. The molecule has 32 heavy (non-hydrogen) atoms. The van der Waals surface area contributed by atoms with Crippen molar-refractivity contribution in [3.63, 3.8) is 0 Å². The molecule has 7 heteroatoms. The molecule has 0 bridgehead atoms. The molecule has 2 aliphatic heterocycles. The van der Waals surface area contributed by atoms with Crippen LogP contribution in [0.3, 0.4) is 0 Å². The maximum atomic E-state index is 12.7. The minimum Gasteiger partial charge on any atom is -0.495 e. The molecular weight excluding hydrogens is 404 g/mol. The van der Waals surface area contributed by atoms with Crippen LogP contribution in [0.2, 0.25) is 0 Å². The quantitative estimate of drug-likeness (QED) is 0.601.